The molecule has 0 aromatic carbocycles. The van der Waals surface area contributed by atoms with Gasteiger partial charge in [0.15, 0.2) is 0 Å². The van der Waals surface area contributed by atoms with Crippen molar-refractivity contribution in [3.63, 3.8) is 0 Å². The molecule has 0 aliphatic carbocycles. The Kier molecular flexibility index (Phi) is 4.00. The second-order valence-electron chi connectivity index (χ2n) is 3.79. The first-order chi connectivity index (χ1) is 9.26. The van der Waals surface area contributed by atoms with Crippen molar-refractivity contribution in [1.82, 2.24) is 14.8 Å². The zero-order valence-corrected chi connectivity index (χ0v) is 10.4. The highest BCUT2D eigenvalue weighted by atomic mass is 16.5. The van der Waals surface area contributed by atoms with Crippen LogP contribution in [0.25, 0.3) is 11.4 Å². The van der Waals surface area contributed by atoms with E-state index in [9.17, 15) is 4.79 Å². The van der Waals surface area contributed by atoms with Crippen molar-refractivity contribution in [3.8, 4) is 17.5 Å². The Labute approximate surface area is 109 Å². The van der Waals surface area contributed by atoms with Crippen LogP contribution in [0.3, 0.4) is 0 Å². The van der Waals surface area contributed by atoms with Gasteiger partial charge in [-0.05, 0) is 18.2 Å². The van der Waals surface area contributed by atoms with Crippen LogP contribution in [-0.4, -0.2) is 28.5 Å². The number of hydrogen-bond donors (Lipinski definition) is 0. The molecule has 0 spiro atoms. The third-order valence-corrected chi connectivity index (χ3v) is 2.53. The van der Waals surface area contributed by atoms with Crippen LogP contribution in [-0.2, 0) is 11.3 Å². The largest absolute Gasteiger partial charge is 0.383 e. The molecule has 6 heteroatoms. The van der Waals surface area contributed by atoms with E-state index in [0.717, 1.165) is 0 Å². The molecule has 0 saturated carbocycles. The first-order valence-electron chi connectivity index (χ1n) is 5.69. The zero-order valence-electron chi connectivity index (χ0n) is 10.4. The molecule has 0 saturated heterocycles. The smallest absolute Gasteiger partial charge is 0.284 e. The minimum atomic E-state index is -0.417. The fourth-order valence-electron chi connectivity index (χ4n) is 1.59. The van der Waals surface area contributed by atoms with Crippen LogP contribution in [0.1, 0.15) is 5.56 Å². The molecule has 6 nitrogen and oxygen atoms in total. The van der Waals surface area contributed by atoms with E-state index in [0.29, 0.717) is 24.5 Å². The molecule has 0 fully saturated rings. The molecular formula is C13H12N4O2. The predicted octanol–water partition coefficient (Wildman–Crippen LogP) is 0.823. The maximum Gasteiger partial charge on any atom is 0.284 e. The van der Waals surface area contributed by atoms with Gasteiger partial charge in [-0.3, -0.25) is 9.78 Å². The third-order valence-electron chi connectivity index (χ3n) is 2.53. The summed E-state index contributed by atoms with van der Waals surface area (Å²) in [6.45, 7) is 0.647. The number of nitriles is 1. The van der Waals surface area contributed by atoms with Gasteiger partial charge in [0.1, 0.15) is 17.3 Å². The van der Waals surface area contributed by atoms with Gasteiger partial charge in [0.2, 0.25) is 0 Å². The monoisotopic (exact) mass is 256 g/mol. The van der Waals surface area contributed by atoms with Crippen molar-refractivity contribution in [2.45, 2.75) is 6.54 Å². The summed E-state index contributed by atoms with van der Waals surface area (Å²) in [7, 11) is 1.54. The number of methoxy groups -OCH3 is 1. The van der Waals surface area contributed by atoms with Crippen molar-refractivity contribution >= 4 is 0 Å². The summed E-state index contributed by atoms with van der Waals surface area (Å²) in [6.07, 6.45) is 1.63. The van der Waals surface area contributed by atoms with E-state index in [1.54, 1.807) is 25.4 Å². The van der Waals surface area contributed by atoms with E-state index in [4.69, 9.17) is 10.00 Å². The van der Waals surface area contributed by atoms with Gasteiger partial charge >= 0.3 is 0 Å². The van der Waals surface area contributed by atoms with E-state index in [-0.39, 0.29) is 5.56 Å². The molecule has 0 amide bonds. The van der Waals surface area contributed by atoms with Gasteiger partial charge in [-0.2, -0.15) is 10.4 Å². The molecule has 2 heterocycles. The standard InChI is InChI=1S/C13H12N4O2/c1-19-7-6-17-13(18)10(9-14)8-12(16-17)11-4-2-3-5-15-11/h2-5,8H,6-7H2,1H3. The lowest BCUT2D eigenvalue weighted by molar-refractivity contribution is 0.182. The zero-order chi connectivity index (χ0) is 13.7. The van der Waals surface area contributed by atoms with E-state index in [1.807, 2.05) is 12.1 Å². The van der Waals surface area contributed by atoms with Crippen molar-refractivity contribution in [1.29, 1.82) is 5.26 Å². The molecule has 19 heavy (non-hydrogen) atoms. The average molecular weight is 256 g/mol. The first kappa shape index (κ1) is 12.9. The minimum Gasteiger partial charge on any atom is -0.383 e. The molecule has 0 aliphatic rings. The van der Waals surface area contributed by atoms with Crippen LogP contribution >= 0.6 is 0 Å². The topological polar surface area (TPSA) is 80.8 Å². The number of hydrogen-bond acceptors (Lipinski definition) is 5. The predicted molar refractivity (Wildman–Crippen MR) is 68.3 cm³/mol. The molecule has 0 aliphatic heterocycles. The van der Waals surface area contributed by atoms with Crippen LogP contribution in [0, 0.1) is 11.3 Å². The summed E-state index contributed by atoms with van der Waals surface area (Å²) in [4.78, 5) is 16.0. The maximum absolute atomic E-state index is 11.9. The number of aromatic nitrogens is 3. The minimum absolute atomic E-state index is 0.0479. The van der Waals surface area contributed by atoms with Crippen LogP contribution in [0.5, 0.6) is 0 Å². The lowest BCUT2D eigenvalue weighted by Gasteiger charge is -2.07. The van der Waals surface area contributed by atoms with Crippen molar-refractivity contribution in [3.05, 3.63) is 46.4 Å². The van der Waals surface area contributed by atoms with Gasteiger partial charge in [-0.15, -0.1) is 0 Å². The molecule has 0 unspecified atom stereocenters. The van der Waals surface area contributed by atoms with E-state index < -0.39 is 5.56 Å². The molecule has 0 atom stereocenters. The average Bonchev–Trinajstić information content (AvgIpc) is 2.47. The highest BCUT2D eigenvalue weighted by Crippen LogP contribution is 2.12. The maximum atomic E-state index is 11.9. The quantitative estimate of drug-likeness (QED) is 0.809. The van der Waals surface area contributed by atoms with Crippen LogP contribution < -0.4 is 5.56 Å². The molecule has 0 N–H and O–H groups in total. The van der Waals surface area contributed by atoms with Gasteiger partial charge in [-0.25, -0.2) is 4.68 Å². The summed E-state index contributed by atoms with van der Waals surface area (Å²) in [6, 6.07) is 8.71. The number of ether oxygens (including phenoxy) is 1. The molecule has 2 rings (SSSR count). The first-order valence-corrected chi connectivity index (χ1v) is 5.69. The van der Waals surface area contributed by atoms with E-state index >= 15 is 0 Å². The molecule has 2 aromatic rings. The Morgan fingerprint density at radius 3 is 2.89 bits per heavy atom. The lowest BCUT2D eigenvalue weighted by Crippen LogP contribution is -2.27. The second-order valence-corrected chi connectivity index (χ2v) is 3.79. The Morgan fingerprint density at radius 2 is 2.26 bits per heavy atom. The van der Waals surface area contributed by atoms with Gasteiger partial charge in [0, 0.05) is 13.3 Å². The van der Waals surface area contributed by atoms with Gasteiger partial charge in [-0.1, -0.05) is 6.07 Å². The summed E-state index contributed by atoms with van der Waals surface area (Å²) >= 11 is 0. The number of pyridine rings is 1. The Morgan fingerprint density at radius 1 is 1.42 bits per heavy atom. The molecule has 0 bridgehead atoms. The normalized spacial score (nSPS) is 10.1. The van der Waals surface area contributed by atoms with Gasteiger partial charge < -0.3 is 4.74 Å². The summed E-state index contributed by atoms with van der Waals surface area (Å²) in [5.41, 5.74) is 0.740. The molecule has 0 radical (unpaired) electrons. The van der Waals surface area contributed by atoms with Gasteiger partial charge in [0.05, 0.1) is 18.8 Å². The number of rotatable bonds is 4. The number of nitrogens with zero attached hydrogens (tertiary/aromatic N) is 4. The summed E-state index contributed by atoms with van der Waals surface area (Å²) in [5, 5.41) is 13.2. The lowest BCUT2D eigenvalue weighted by atomic mass is 10.2. The second kappa shape index (κ2) is 5.89. The van der Waals surface area contributed by atoms with E-state index in [2.05, 4.69) is 10.1 Å². The molecule has 96 valence electrons. The third kappa shape index (κ3) is 2.84. The Balaban J connectivity index is 2.52. The fraction of sp³-hybridized carbons (Fsp3) is 0.231. The van der Waals surface area contributed by atoms with Crippen LogP contribution in [0.2, 0.25) is 0 Å². The van der Waals surface area contributed by atoms with Crippen LogP contribution in [0.15, 0.2) is 35.3 Å². The highest BCUT2D eigenvalue weighted by molar-refractivity contribution is 5.55. The van der Waals surface area contributed by atoms with Crippen molar-refractivity contribution in [2.24, 2.45) is 0 Å². The SMILES string of the molecule is COCCn1nc(-c2ccccn2)cc(C#N)c1=O. The molecular weight excluding hydrogens is 244 g/mol. The van der Waals surface area contributed by atoms with Gasteiger partial charge in [0.25, 0.3) is 5.56 Å². The summed E-state index contributed by atoms with van der Waals surface area (Å²) in [5.74, 6) is 0. The van der Waals surface area contributed by atoms with Crippen molar-refractivity contribution < 1.29 is 4.74 Å². The van der Waals surface area contributed by atoms with E-state index in [1.165, 1.54) is 10.7 Å². The van der Waals surface area contributed by atoms with Crippen LogP contribution in [0.4, 0.5) is 0 Å². The highest BCUT2D eigenvalue weighted by Gasteiger charge is 2.10. The fourth-order valence-corrected chi connectivity index (χ4v) is 1.59. The summed E-state index contributed by atoms with van der Waals surface area (Å²) < 4.78 is 6.15. The molecule has 2 aromatic heterocycles. The Bertz CT molecular complexity index is 659. The van der Waals surface area contributed by atoms with Crippen molar-refractivity contribution in [2.75, 3.05) is 13.7 Å². The Hall–Kier alpha value is -2.52.